The van der Waals surface area contributed by atoms with Crippen LogP contribution in [0.1, 0.15) is 42.7 Å². The van der Waals surface area contributed by atoms with Crippen molar-refractivity contribution in [3.63, 3.8) is 0 Å². The number of methoxy groups -OCH3 is 1. The van der Waals surface area contributed by atoms with E-state index in [-0.39, 0.29) is 35.3 Å². The van der Waals surface area contributed by atoms with Crippen molar-refractivity contribution in [3.05, 3.63) is 41.5 Å². The van der Waals surface area contributed by atoms with Gasteiger partial charge in [0, 0.05) is 17.7 Å². The summed E-state index contributed by atoms with van der Waals surface area (Å²) in [6.45, 7) is -0.448. The van der Waals surface area contributed by atoms with E-state index >= 15 is 0 Å². The van der Waals surface area contributed by atoms with Gasteiger partial charge in [-0.15, -0.1) is 13.2 Å². The van der Waals surface area contributed by atoms with Crippen LogP contribution in [0.3, 0.4) is 0 Å². The van der Waals surface area contributed by atoms with Crippen LogP contribution in [-0.4, -0.2) is 49.9 Å². The molecule has 38 heavy (non-hydrogen) atoms. The highest BCUT2D eigenvalue weighted by Gasteiger charge is 2.33. The molecule has 0 saturated heterocycles. The largest absolute Gasteiger partial charge is 0.573 e. The summed E-state index contributed by atoms with van der Waals surface area (Å²) < 4.78 is 57.1. The van der Waals surface area contributed by atoms with Gasteiger partial charge in [0.1, 0.15) is 23.9 Å². The summed E-state index contributed by atoms with van der Waals surface area (Å²) in [6, 6.07) is 6.67. The van der Waals surface area contributed by atoms with Gasteiger partial charge in [-0.25, -0.2) is 4.79 Å². The number of nitrogens with one attached hydrogen (secondary N) is 2. The Bertz CT molecular complexity index is 1260. The Kier molecular flexibility index (Phi) is 8.16. The quantitative estimate of drug-likeness (QED) is 0.291. The highest BCUT2D eigenvalue weighted by Crippen LogP contribution is 2.41. The zero-order valence-corrected chi connectivity index (χ0v) is 20.3. The second-order valence-electron chi connectivity index (χ2n) is 8.62. The molecule has 1 unspecified atom stereocenters. The zero-order chi connectivity index (χ0) is 27.3. The zero-order valence-electron chi connectivity index (χ0n) is 20.3. The standard InChI is InChI=1S/C26H25F3N2O7/c1-35-25(34)37-22-13-19(16(7-4-10-32)11-18(22)15-5-2-3-6-15)31-24(33)23-14-30-20-12-17(38-26(27,28)29)8-9-21(20)36-23/h8-9,11-13,15,23,30,32H,2-3,5-6,10,14H2,1H3,(H,31,33). The molecule has 1 saturated carbocycles. The third kappa shape index (κ3) is 6.60. The van der Waals surface area contributed by atoms with E-state index in [0.717, 1.165) is 43.4 Å². The van der Waals surface area contributed by atoms with E-state index < -0.39 is 36.9 Å². The number of anilines is 2. The van der Waals surface area contributed by atoms with Crippen molar-refractivity contribution in [3.8, 4) is 29.1 Å². The molecule has 0 radical (unpaired) electrons. The molecule has 2 aliphatic rings. The van der Waals surface area contributed by atoms with E-state index in [0.29, 0.717) is 5.56 Å². The lowest BCUT2D eigenvalue weighted by Gasteiger charge is -2.27. The Morgan fingerprint density at radius 2 is 1.97 bits per heavy atom. The van der Waals surface area contributed by atoms with Gasteiger partial charge in [0.15, 0.2) is 6.10 Å². The third-order valence-electron chi connectivity index (χ3n) is 6.09. The maximum absolute atomic E-state index is 13.1. The predicted octanol–water partition coefficient (Wildman–Crippen LogP) is 4.54. The van der Waals surface area contributed by atoms with Crippen molar-refractivity contribution in [1.29, 1.82) is 0 Å². The summed E-state index contributed by atoms with van der Waals surface area (Å²) >= 11 is 0. The number of aliphatic hydroxyl groups is 1. The van der Waals surface area contributed by atoms with E-state index in [2.05, 4.69) is 31.9 Å². The van der Waals surface area contributed by atoms with Gasteiger partial charge in [0.2, 0.25) is 0 Å². The normalized spacial score (nSPS) is 16.7. The molecular formula is C26H25F3N2O7. The lowest BCUT2D eigenvalue weighted by molar-refractivity contribution is -0.274. The number of carbonyl (C=O) groups is 2. The minimum Gasteiger partial charge on any atom is -0.477 e. The lowest BCUT2D eigenvalue weighted by Crippen LogP contribution is -2.41. The predicted molar refractivity (Wildman–Crippen MR) is 129 cm³/mol. The Balaban J connectivity index is 1.58. The summed E-state index contributed by atoms with van der Waals surface area (Å²) in [5, 5.41) is 14.8. The maximum atomic E-state index is 13.1. The van der Waals surface area contributed by atoms with Crippen molar-refractivity contribution < 1.29 is 46.8 Å². The number of carbonyl (C=O) groups excluding carboxylic acids is 2. The van der Waals surface area contributed by atoms with E-state index in [1.807, 2.05) is 0 Å². The molecule has 2 aromatic rings. The first-order chi connectivity index (χ1) is 18.2. The fourth-order valence-electron chi connectivity index (χ4n) is 4.42. The van der Waals surface area contributed by atoms with Gasteiger partial charge in [-0.05, 0) is 42.5 Å². The number of ether oxygens (including phenoxy) is 4. The lowest BCUT2D eigenvalue weighted by atomic mass is 9.94. The van der Waals surface area contributed by atoms with Crippen molar-refractivity contribution in [2.75, 3.05) is 30.9 Å². The molecular weight excluding hydrogens is 509 g/mol. The SMILES string of the molecule is COC(=O)Oc1cc(NC(=O)C2CNc3cc(OC(F)(F)F)ccc3O2)c(C#CCO)cc1C1CCCC1. The maximum Gasteiger partial charge on any atom is 0.573 e. The molecule has 2 aromatic carbocycles. The average Bonchev–Trinajstić information content (AvgIpc) is 3.41. The molecule has 1 atom stereocenters. The molecule has 1 heterocycles. The number of fused-ring (bicyclic) bond motifs is 1. The first-order valence-electron chi connectivity index (χ1n) is 11.8. The van der Waals surface area contributed by atoms with Gasteiger partial charge >= 0.3 is 12.5 Å². The molecule has 0 bridgehead atoms. The number of aliphatic hydroxyl groups excluding tert-OH is 1. The van der Waals surface area contributed by atoms with Crippen LogP contribution in [0.25, 0.3) is 0 Å². The molecule has 0 spiro atoms. The molecule has 3 N–H and O–H groups in total. The van der Waals surface area contributed by atoms with Gasteiger partial charge in [-0.3, -0.25) is 4.79 Å². The summed E-state index contributed by atoms with van der Waals surface area (Å²) in [5.74, 6) is 4.89. The molecule has 202 valence electrons. The molecule has 1 amide bonds. The topological polar surface area (TPSA) is 115 Å². The first kappa shape index (κ1) is 26.9. The Hall–Kier alpha value is -4.11. The number of rotatable bonds is 5. The second-order valence-corrected chi connectivity index (χ2v) is 8.62. The highest BCUT2D eigenvalue weighted by molar-refractivity contribution is 5.97. The monoisotopic (exact) mass is 534 g/mol. The number of alkyl halides is 3. The fourth-order valence-corrected chi connectivity index (χ4v) is 4.42. The molecule has 0 aromatic heterocycles. The van der Waals surface area contributed by atoms with Crippen molar-refractivity contribution in [2.45, 2.75) is 44.1 Å². The third-order valence-corrected chi connectivity index (χ3v) is 6.09. The number of benzene rings is 2. The van der Waals surface area contributed by atoms with E-state index in [4.69, 9.17) is 9.47 Å². The first-order valence-corrected chi connectivity index (χ1v) is 11.8. The van der Waals surface area contributed by atoms with Crippen LogP contribution in [0.5, 0.6) is 17.2 Å². The van der Waals surface area contributed by atoms with E-state index in [1.165, 1.54) is 19.2 Å². The van der Waals surface area contributed by atoms with E-state index in [1.54, 1.807) is 6.07 Å². The Morgan fingerprint density at radius 3 is 2.66 bits per heavy atom. The molecule has 1 aliphatic carbocycles. The molecule has 4 rings (SSSR count). The summed E-state index contributed by atoms with van der Waals surface area (Å²) in [7, 11) is 1.19. The number of hydrogen-bond donors (Lipinski definition) is 3. The average molecular weight is 534 g/mol. The number of halogens is 3. The van der Waals surface area contributed by atoms with Crippen LogP contribution in [0, 0.1) is 11.8 Å². The smallest absolute Gasteiger partial charge is 0.477 e. The summed E-state index contributed by atoms with van der Waals surface area (Å²) in [6.07, 6.45) is -2.96. The van der Waals surface area contributed by atoms with E-state index in [9.17, 15) is 27.9 Å². The van der Waals surface area contributed by atoms with Crippen LogP contribution in [0.15, 0.2) is 30.3 Å². The van der Waals surface area contributed by atoms with Crippen molar-refractivity contribution in [1.82, 2.24) is 0 Å². The highest BCUT2D eigenvalue weighted by atomic mass is 19.4. The Labute approximate surface area is 216 Å². The van der Waals surface area contributed by atoms with Gasteiger partial charge in [0.25, 0.3) is 5.91 Å². The fraction of sp³-hybridized carbons (Fsp3) is 0.385. The molecule has 12 heteroatoms. The summed E-state index contributed by atoms with van der Waals surface area (Å²) in [5.41, 5.74) is 1.61. The van der Waals surface area contributed by atoms with Crippen LogP contribution in [0.2, 0.25) is 0 Å². The molecule has 1 aliphatic heterocycles. The van der Waals surface area contributed by atoms with Crippen LogP contribution < -0.4 is 24.8 Å². The van der Waals surface area contributed by atoms with Gasteiger partial charge in [-0.1, -0.05) is 24.7 Å². The van der Waals surface area contributed by atoms with Crippen LogP contribution in [0.4, 0.5) is 29.3 Å². The van der Waals surface area contributed by atoms with Gasteiger partial charge < -0.3 is 34.7 Å². The van der Waals surface area contributed by atoms with Crippen molar-refractivity contribution >= 4 is 23.4 Å². The van der Waals surface area contributed by atoms with Crippen LogP contribution >= 0.6 is 0 Å². The second kappa shape index (κ2) is 11.5. The number of amides is 1. The Morgan fingerprint density at radius 1 is 1.21 bits per heavy atom. The summed E-state index contributed by atoms with van der Waals surface area (Å²) in [4.78, 5) is 25.0. The van der Waals surface area contributed by atoms with Crippen molar-refractivity contribution in [2.24, 2.45) is 0 Å². The van der Waals surface area contributed by atoms with Gasteiger partial charge in [-0.2, -0.15) is 0 Å². The minimum absolute atomic E-state index is 0.0440. The van der Waals surface area contributed by atoms with Crippen LogP contribution in [-0.2, 0) is 9.53 Å². The number of hydrogen-bond acceptors (Lipinski definition) is 8. The minimum atomic E-state index is -4.84. The molecule has 9 nitrogen and oxygen atoms in total. The molecule has 1 fully saturated rings. The van der Waals surface area contributed by atoms with Gasteiger partial charge in [0.05, 0.1) is 25.0 Å².